The predicted octanol–water partition coefficient (Wildman–Crippen LogP) is 1.40. The number of aliphatic carboxylic acids is 1. The zero-order valence-electron chi connectivity index (χ0n) is 9.50. The molecule has 1 heterocycles. The summed E-state index contributed by atoms with van der Waals surface area (Å²) in [6, 6.07) is 4.90. The standard InChI is InChI=1S/C12H10O6/c1-7(13)18-11(12(14)15)5-8-2-3-9-10(4-8)17-6-16-9/h2-5H,6H2,1H3,(H,14,15)/b11-5-. The highest BCUT2D eigenvalue weighted by atomic mass is 16.7. The molecule has 0 aliphatic carbocycles. The van der Waals surface area contributed by atoms with E-state index in [2.05, 4.69) is 4.74 Å². The van der Waals surface area contributed by atoms with E-state index in [4.69, 9.17) is 14.6 Å². The fourth-order valence-electron chi connectivity index (χ4n) is 1.44. The average Bonchev–Trinajstić information content (AvgIpc) is 2.74. The SMILES string of the molecule is CC(=O)O/C(=C\c1ccc2c(c1)OCO2)C(=O)O. The molecule has 0 saturated heterocycles. The Morgan fingerprint density at radius 3 is 2.72 bits per heavy atom. The maximum Gasteiger partial charge on any atom is 0.371 e. The number of carbonyl (C=O) groups excluding carboxylic acids is 1. The molecular formula is C12H10O6. The number of esters is 1. The summed E-state index contributed by atoms with van der Waals surface area (Å²) in [5.41, 5.74) is 0.540. The zero-order chi connectivity index (χ0) is 13.1. The Labute approximate surface area is 102 Å². The minimum atomic E-state index is -1.32. The number of carbonyl (C=O) groups is 2. The van der Waals surface area contributed by atoms with Gasteiger partial charge in [-0.3, -0.25) is 4.79 Å². The van der Waals surface area contributed by atoms with Crippen LogP contribution in [0.4, 0.5) is 0 Å². The van der Waals surface area contributed by atoms with Crippen LogP contribution in [0.25, 0.3) is 6.08 Å². The van der Waals surface area contributed by atoms with Crippen LogP contribution in [-0.4, -0.2) is 23.8 Å². The van der Waals surface area contributed by atoms with Crippen LogP contribution in [0.2, 0.25) is 0 Å². The van der Waals surface area contributed by atoms with Gasteiger partial charge in [0, 0.05) is 6.92 Å². The van der Waals surface area contributed by atoms with E-state index in [1.165, 1.54) is 6.08 Å². The van der Waals surface area contributed by atoms with Gasteiger partial charge in [0.05, 0.1) is 0 Å². The van der Waals surface area contributed by atoms with Gasteiger partial charge >= 0.3 is 11.9 Å². The highest BCUT2D eigenvalue weighted by Crippen LogP contribution is 2.33. The molecule has 1 aliphatic rings. The summed E-state index contributed by atoms with van der Waals surface area (Å²) in [5.74, 6) is -1.33. The van der Waals surface area contributed by atoms with E-state index in [1.807, 2.05) is 0 Å². The van der Waals surface area contributed by atoms with Crippen LogP contribution < -0.4 is 9.47 Å². The van der Waals surface area contributed by atoms with Crippen molar-refractivity contribution in [1.82, 2.24) is 0 Å². The quantitative estimate of drug-likeness (QED) is 0.496. The Balaban J connectivity index is 2.29. The first-order chi connectivity index (χ1) is 8.56. The van der Waals surface area contributed by atoms with E-state index < -0.39 is 17.7 Å². The molecule has 2 rings (SSSR count). The highest BCUT2D eigenvalue weighted by molar-refractivity contribution is 5.92. The number of carboxylic acid groups (broad SMARTS) is 1. The molecule has 1 aromatic carbocycles. The van der Waals surface area contributed by atoms with Gasteiger partial charge in [-0.2, -0.15) is 0 Å². The van der Waals surface area contributed by atoms with Crippen LogP contribution in [-0.2, 0) is 14.3 Å². The number of ether oxygens (including phenoxy) is 3. The van der Waals surface area contributed by atoms with Crippen molar-refractivity contribution in [3.8, 4) is 11.5 Å². The molecule has 0 atom stereocenters. The van der Waals surface area contributed by atoms with Crippen molar-refractivity contribution >= 4 is 18.0 Å². The summed E-state index contributed by atoms with van der Waals surface area (Å²) in [7, 11) is 0. The van der Waals surface area contributed by atoms with Gasteiger partial charge in [-0.15, -0.1) is 0 Å². The molecule has 94 valence electrons. The minimum absolute atomic E-state index is 0.137. The molecular weight excluding hydrogens is 240 g/mol. The van der Waals surface area contributed by atoms with Gasteiger partial charge in [-0.25, -0.2) is 4.79 Å². The van der Waals surface area contributed by atoms with Crippen LogP contribution in [0.1, 0.15) is 12.5 Å². The summed E-state index contributed by atoms with van der Waals surface area (Å²) in [6.07, 6.45) is 1.24. The fourth-order valence-corrected chi connectivity index (χ4v) is 1.44. The first kappa shape index (κ1) is 12.0. The zero-order valence-corrected chi connectivity index (χ0v) is 9.50. The third-order valence-electron chi connectivity index (χ3n) is 2.16. The van der Waals surface area contributed by atoms with Crippen molar-refractivity contribution in [2.45, 2.75) is 6.92 Å². The van der Waals surface area contributed by atoms with Gasteiger partial charge in [-0.1, -0.05) is 6.07 Å². The third kappa shape index (κ3) is 2.60. The molecule has 6 heteroatoms. The maximum atomic E-state index is 10.9. The topological polar surface area (TPSA) is 82.1 Å². The molecule has 1 N–H and O–H groups in total. The average molecular weight is 250 g/mol. The lowest BCUT2D eigenvalue weighted by Crippen LogP contribution is -2.08. The minimum Gasteiger partial charge on any atom is -0.475 e. The number of carboxylic acids is 1. The monoisotopic (exact) mass is 250 g/mol. The van der Waals surface area contributed by atoms with Crippen LogP contribution in [0.15, 0.2) is 24.0 Å². The molecule has 0 radical (unpaired) electrons. The highest BCUT2D eigenvalue weighted by Gasteiger charge is 2.15. The maximum absolute atomic E-state index is 10.9. The Morgan fingerprint density at radius 1 is 1.33 bits per heavy atom. The summed E-state index contributed by atoms with van der Waals surface area (Å²) in [5, 5.41) is 8.88. The fraction of sp³-hybridized carbons (Fsp3) is 0.167. The van der Waals surface area contributed by atoms with Gasteiger partial charge in [-0.05, 0) is 23.8 Å². The van der Waals surface area contributed by atoms with Gasteiger partial charge in [0.2, 0.25) is 12.6 Å². The molecule has 0 aromatic heterocycles. The van der Waals surface area contributed by atoms with Crippen molar-refractivity contribution in [2.75, 3.05) is 6.79 Å². The second-order valence-corrected chi connectivity index (χ2v) is 3.52. The van der Waals surface area contributed by atoms with Crippen molar-refractivity contribution in [1.29, 1.82) is 0 Å². The molecule has 0 saturated carbocycles. The van der Waals surface area contributed by atoms with Gasteiger partial charge < -0.3 is 19.3 Å². The number of fused-ring (bicyclic) bond motifs is 1. The van der Waals surface area contributed by atoms with E-state index >= 15 is 0 Å². The Morgan fingerprint density at radius 2 is 2.06 bits per heavy atom. The third-order valence-corrected chi connectivity index (χ3v) is 2.16. The molecule has 1 aromatic rings. The molecule has 0 unspecified atom stereocenters. The van der Waals surface area contributed by atoms with Gasteiger partial charge in [0.25, 0.3) is 0 Å². The Hall–Kier alpha value is -2.50. The lowest BCUT2D eigenvalue weighted by Gasteiger charge is -2.02. The summed E-state index contributed by atoms with van der Waals surface area (Å²) in [6.45, 7) is 1.27. The lowest BCUT2D eigenvalue weighted by atomic mass is 10.2. The molecule has 0 spiro atoms. The van der Waals surface area contributed by atoms with Gasteiger partial charge in [0.1, 0.15) is 0 Å². The first-order valence-corrected chi connectivity index (χ1v) is 5.09. The van der Waals surface area contributed by atoms with E-state index in [0.29, 0.717) is 17.1 Å². The number of hydrogen-bond acceptors (Lipinski definition) is 5. The normalized spacial score (nSPS) is 13.3. The van der Waals surface area contributed by atoms with Gasteiger partial charge in [0.15, 0.2) is 11.5 Å². The predicted molar refractivity (Wildman–Crippen MR) is 59.9 cm³/mol. The second kappa shape index (κ2) is 4.79. The molecule has 0 amide bonds. The summed E-state index contributed by atoms with van der Waals surface area (Å²) < 4.78 is 14.9. The number of benzene rings is 1. The summed E-state index contributed by atoms with van der Waals surface area (Å²) in [4.78, 5) is 21.6. The van der Waals surface area contributed by atoms with E-state index in [-0.39, 0.29) is 6.79 Å². The number of rotatable bonds is 3. The summed E-state index contributed by atoms with van der Waals surface area (Å²) >= 11 is 0. The van der Waals surface area contributed by atoms with Crippen molar-refractivity contribution in [3.05, 3.63) is 29.5 Å². The largest absolute Gasteiger partial charge is 0.475 e. The van der Waals surface area contributed by atoms with E-state index in [1.54, 1.807) is 18.2 Å². The van der Waals surface area contributed by atoms with Crippen LogP contribution in [0, 0.1) is 0 Å². The van der Waals surface area contributed by atoms with Crippen LogP contribution in [0.3, 0.4) is 0 Å². The molecule has 18 heavy (non-hydrogen) atoms. The van der Waals surface area contributed by atoms with Crippen molar-refractivity contribution < 1.29 is 28.9 Å². The molecule has 1 aliphatic heterocycles. The van der Waals surface area contributed by atoms with E-state index in [0.717, 1.165) is 6.92 Å². The number of hydrogen-bond donors (Lipinski definition) is 1. The Kier molecular flexibility index (Phi) is 3.18. The van der Waals surface area contributed by atoms with Crippen LogP contribution >= 0.6 is 0 Å². The van der Waals surface area contributed by atoms with Crippen molar-refractivity contribution in [3.63, 3.8) is 0 Å². The molecule has 0 fully saturated rings. The van der Waals surface area contributed by atoms with E-state index in [9.17, 15) is 9.59 Å². The molecule has 6 nitrogen and oxygen atoms in total. The lowest BCUT2D eigenvalue weighted by molar-refractivity contribution is -0.146. The Bertz CT molecular complexity index is 531. The smallest absolute Gasteiger partial charge is 0.371 e. The van der Waals surface area contributed by atoms with Crippen LogP contribution in [0.5, 0.6) is 11.5 Å². The molecule has 0 bridgehead atoms. The first-order valence-electron chi connectivity index (χ1n) is 5.09. The second-order valence-electron chi connectivity index (χ2n) is 3.52. The van der Waals surface area contributed by atoms with Crippen molar-refractivity contribution in [2.24, 2.45) is 0 Å².